The minimum atomic E-state index is -1.17. The van der Waals surface area contributed by atoms with Gasteiger partial charge in [-0.1, -0.05) is 13.0 Å². The lowest BCUT2D eigenvalue weighted by Gasteiger charge is -2.46. The average Bonchev–Trinajstić information content (AvgIpc) is 2.81. The molecular weight excluding hydrogens is 358 g/mol. The van der Waals surface area contributed by atoms with Gasteiger partial charge in [0.05, 0.1) is 23.8 Å². The summed E-state index contributed by atoms with van der Waals surface area (Å²) in [5.74, 6) is -2.62. The number of aliphatic hydroxyl groups excluding tert-OH is 1. The highest BCUT2D eigenvalue weighted by molar-refractivity contribution is 8.02. The minimum Gasteiger partial charge on any atom is -0.477 e. The molecule has 0 aliphatic carbocycles. The molecule has 1 aromatic rings. The van der Waals surface area contributed by atoms with Crippen molar-refractivity contribution in [2.75, 3.05) is 0 Å². The van der Waals surface area contributed by atoms with Crippen LogP contribution in [0.25, 0.3) is 0 Å². The van der Waals surface area contributed by atoms with Gasteiger partial charge in [-0.15, -0.1) is 11.8 Å². The summed E-state index contributed by atoms with van der Waals surface area (Å²) in [5.41, 5.74) is 5.93. The number of fused-ring (bicyclic) bond motifs is 1. The van der Waals surface area contributed by atoms with Crippen LogP contribution in [0, 0.1) is 11.8 Å². The van der Waals surface area contributed by atoms with Gasteiger partial charge in [0.25, 0.3) is 5.91 Å². The number of nitrogens with two attached hydrogens (primary N) is 1. The molecule has 1 aromatic heterocycles. The molecule has 0 unspecified atom stereocenters. The van der Waals surface area contributed by atoms with E-state index in [1.54, 1.807) is 12.1 Å². The molecule has 3 heterocycles. The normalized spacial score (nSPS) is 25.7. The number of rotatable bonds is 6. The number of hydrogen-bond donors (Lipinski definition) is 3. The molecular formula is C17H19N3O5S. The summed E-state index contributed by atoms with van der Waals surface area (Å²) in [7, 11) is 0. The summed E-state index contributed by atoms with van der Waals surface area (Å²) >= 11 is 1.27. The van der Waals surface area contributed by atoms with E-state index in [0.717, 1.165) is 0 Å². The number of aliphatic hydroxyl groups is 1. The number of hydrogen-bond acceptors (Lipinski definition) is 6. The molecule has 3 rings (SSSR count). The number of carbonyl (C=O) groups excluding carboxylic acids is 2. The maximum atomic E-state index is 12.3. The number of amides is 2. The van der Waals surface area contributed by atoms with Crippen LogP contribution in [0.2, 0.25) is 0 Å². The summed E-state index contributed by atoms with van der Waals surface area (Å²) in [4.78, 5) is 41.2. The van der Waals surface area contributed by atoms with Crippen LogP contribution in [0.5, 0.6) is 0 Å². The number of carboxylic acid groups (broad SMARTS) is 1. The molecule has 0 aromatic carbocycles. The third kappa shape index (κ3) is 2.86. The number of carboxylic acids is 1. The van der Waals surface area contributed by atoms with Crippen LogP contribution in [0.15, 0.2) is 28.8 Å². The van der Waals surface area contributed by atoms with Crippen molar-refractivity contribution < 1.29 is 24.6 Å². The maximum absolute atomic E-state index is 12.3. The SMILES string of the molecule is C[C@@H](O)[C@H]1C(=O)N2C(C(=O)O)=C(SCc3cccc(C(N)=O)n3)[C@H](C)[C@H]12. The van der Waals surface area contributed by atoms with Gasteiger partial charge >= 0.3 is 5.97 Å². The zero-order valence-corrected chi connectivity index (χ0v) is 15.1. The van der Waals surface area contributed by atoms with Gasteiger partial charge in [-0.25, -0.2) is 9.78 Å². The highest BCUT2D eigenvalue weighted by atomic mass is 32.2. The molecule has 26 heavy (non-hydrogen) atoms. The van der Waals surface area contributed by atoms with Crippen molar-refractivity contribution in [2.24, 2.45) is 17.6 Å². The van der Waals surface area contributed by atoms with E-state index in [2.05, 4.69) is 4.98 Å². The molecule has 0 radical (unpaired) electrons. The number of nitrogens with zero attached hydrogens (tertiary/aromatic N) is 2. The standard InChI is InChI=1S/C17H19N3O5S/c1-7-12-11(8(2)21)16(23)20(12)13(17(24)25)14(7)26-6-9-4-3-5-10(19-9)15(18)22/h3-5,7-8,11-12,21H,6H2,1-2H3,(H2,18,22)(H,24,25)/t7-,8-,11-,12-/m1/s1. The van der Waals surface area contributed by atoms with Crippen LogP contribution in [0.3, 0.4) is 0 Å². The van der Waals surface area contributed by atoms with Crippen LogP contribution in [0.1, 0.15) is 30.0 Å². The molecule has 4 atom stereocenters. The van der Waals surface area contributed by atoms with Gasteiger partial charge < -0.3 is 20.8 Å². The summed E-state index contributed by atoms with van der Waals surface area (Å²) in [6, 6.07) is 4.54. The topological polar surface area (TPSA) is 134 Å². The molecule has 8 nitrogen and oxygen atoms in total. The summed E-state index contributed by atoms with van der Waals surface area (Å²) in [6.07, 6.45) is -0.834. The fourth-order valence-corrected chi connectivity index (χ4v) is 4.75. The molecule has 2 aliphatic rings. The molecule has 2 amide bonds. The zero-order chi connectivity index (χ0) is 19.2. The van der Waals surface area contributed by atoms with Crippen LogP contribution in [-0.2, 0) is 15.3 Å². The number of thioether (sulfide) groups is 1. The van der Waals surface area contributed by atoms with Crippen molar-refractivity contribution in [1.82, 2.24) is 9.88 Å². The van der Waals surface area contributed by atoms with E-state index in [4.69, 9.17) is 5.73 Å². The summed E-state index contributed by atoms with van der Waals surface area (Å²) in [6.45, 7) is 3.39. The van der Waals surface area contributed by atoms with Crippen molar-refractivity contribution in [3.8, 4) is 0 Å². The third-order valence-electron chi connectivity index (χ3n) is 4.75. The Bertz CT molecular complexity index is 822. The Morgan fingerprint density at radius 1 is 1.42 bits per heavy atom. The Morgan fingerprint density at radius 2 is 2.12 bits per heavy atom. The van der Waals surface area contributed by atoms with Crippen LogP contribution in [-0.4, -0.2) is 50.0 Å². The van der Waals surface area contributed by atoms with Crippen molar-refractivity contribution >= 4 is 29.5 Å². The third-order valence-corrected chi connectivity index (χ3v) is 6.06. The Kier molecular flexibility index (Phi) is 4.76. The molecule has 4 N–H and O–H groups in total. The number of aliphatic carboxylic acids is 1. The van der Waals surface area contributed by atoms with Crippen molar-refractivity contribution in [1.29, 1.82) is 0 Å². The number of primary amides is 1. The van der Waals surface area contributed by atoms with Crippen LogP contribution in [0.4, 0.5) is 0 Å². The second-order valence-corrected chi connectivity index (χ2v) is 7.46. The van der Waals surface area contributed by atoms with Gasteiger partial charge in [0, 0.05) is 16.6 Å². The predicted octanol–water partition coefficient (Wildman–Crippen LogP) is 0.567. The van der Waals surface area contributed by atoms with E-state index in [-0.39, 0.29) is 29.3 Å². The maximum Gasteiger partial charge on any atom is 0.353 e. The van der Waals surface area contributed by atoms with E-state index in [9.17, 15) is 24.6 Å². The Labute approximate surface area is 154 Å². The van der Waals surface area contributed by atoms with E-state index >= 15 is 0 Å². The predicted molar refractivity (Wildman–Crippen MR) is 93.7 cm³/mol. The molecule has 138 valence electrons. The largest absolute Gasteiger partial charge is 0.477 e. The second kappa shape index (κ2) is 6.73. The lowest BCUT2D eigenvalue weighted by molar-refractivity contribution is -0.163. The number of pyridine rings is 1. The van der Waals surface area contributed by atoms with E-state index in [1.165, 1.54) is 29.7 Å². The van der Waals surface area contributed by atoms with Gasteiger partial charge in [-0.05, 0) is 19.1 Å². The zero-order valence-electron chi connectivity index (χ0n) is 14.2. The van der Waals surface area contributed by atoms with E-state index in [0.29, 0.717) is 16.4 Å². The first kappa shape index (κ1) is 18.4. The van der Waals surface area contributed by atoms with Crippen molar-refractivity contribution in [3.63, 3.8) is 0 Å². The first-order valence-electron chi connectivity index (χ1n) is 8.11. The van der Waals surface area contributed by atoms with Crippen LogP contribution >= 0.6 is 11.8 Å². The quantitative estimate of drug-likeness (QED) is 0.617. The van der Waals surface area contributed by atoms with Gasteiger partial charge in [0.2, 0.25) is 5.91 Å². The lowest BCUT2D eigenvalue weighted by Crippen LogP contribution is -2.63. The Balaban J connectivity index is 1.85. The fraction of sp³-hybridized carbons (Fsp3) is 0.412. The highest BCUT2D eigenvalue weighted by Gasteiger charge is 2.59. The highest BCUT2D eigenvalue weighted by Crippen LogP contribution is 2.50. The van der Waals surface area contributed by atoms with Crippen molar-refractivity contribution in [2.45, 2.75) is 31.7 Å². The Hall–Kier alpha value is -2.39. The second-order valence-electron chi connectivity index (χ2n) is 6.44. The van der Waals surface area contributed by atoms with Gasteiger partial charge in [0.15, 0.2) is 0 Å². The number of aromatic nitrogens is 1. The van der Waals surface area contributed by atoms with E-state index < -0.39 is 23.9 Å². The van der Waals surface area contributed by atoms with Gasteiger partial charge in [-0.3, -0.25) is 9.59 Å². The average molecular weight is 377 g/mol. The number of carbonyl (C=O) groups is 3. The van der Waals surface area contributed by atoms with Gasteiger partial charge in [-0.2, -0.15) is 0 Å². The molecule has 0 bridgehead atoms. The van der Waals surface area contributed by atoms with Gasteiger partial charge in [0.1, 0.15) is 11.4 Å². The van der Waals surface area contributed by atoms with Crippen molar-refractivity contribution in [3.05, 3.63) is 40.2 Å². The lowest BCUT2D eigenvalue weighted by atomic mass is 9.79. The molecule has 0 spiro atoms. The smallest absolute Gasteiger partial charge is 0.353 e. The molecule has 9 heteroatoms. The molecule has 0 saturated carbocycles. The monoisotopic (exact) mass is 377 g/mol. The molecule has 1 fully saturated rings. The summed E-state index contributed by atoms with van der Waals surface area (Å²) in [5, 5.41) is 19.4. The minimum absolute atomic E-state index is 0.0274. The fourth-order valence-electron chi connectivity index (χ4n) is 3.56. The first-order chi connectivity index (χ1) is 12.2. The summed E-state index contributed by atoms with van der Waals surface area (Å²) < 4.78 is 0. The first-order valence-corrected chi connectivity index (χ1v) is 9.09. The molecule has 2 aliphatic heterocycles. The van der Waals surface area contributed by atoms with Crippen LogP contribution < -0.4 is 5.73 Å². The Morgan fingerprint density at radius 3 is 2.69 bits per heavy atom. The van der Waals surface area contributed by atoms with E-state index in [1.807, 2.05) is 6.92 Å². The number of β-lactam (4-membered cyclic amide) rings is 1. The molecule has 1 saturated heterocycles.